The molecular formula is C13H18O3. The first-order chi connectivity index (χ1) is 7.64. The fourth-order valence-electron chi connectivity index (χ4n) is 2.22. The molecule has 3 heteroatoms. The zero-order chi connectivity index (χ0) is 11.8. The van der Waals surface area contributed by atoms with E-state index in [4.69, 9.17) is 14.2 Å². The molecule has 0 N–H and O–H groups in total. The van der Waals surface area contributed by atoms with Crippen LogP contribution in [0.5, 0.6) is 0 Å². The van der Waals surface area contributed by atoms with E-state index >= 15 is 0 Å². The summed E-state index contributed by atoms with van der Waals surface area (Å²) < 4.78 is 16.7. The lowest BCUT2D eigenvalue weighted by Gasteiger charge is -2.51. The van der Waals surface area contributed by atoms with Crippen molar-refractivity contribution in [1.29, 1.82) is 0 Å². The Morgan fingerprint density at radius 3 is 2.12 bits per heavy atom. The number of ether oxygens (including phenoxy) is 3. The zero-order valence-electron chi connectivity index (χ0n) is 10.2. The van der Waals surface area contributed by atoms with Gasteiger partial charge in [-0.2, -0.15) is 0 Å². The summed E-state index contributed by atoms with van der Waals surface area (Å²) in [7, 11) is 3.31. The quantitative estimate of drug-likeness (QED) is 0.735. The van der Waals surface area contributed by atoms with Crippen molar-refractivity contribution >= 4 is 0 Å². The summed E-state index contributed by atoms with van der Waals surface area (Å²) in [4.78, 5) is 0. The van der Waals surface area contributed by atoms with Gasteiger partial charge >= 0.3 is 0 Å². The van der Waals surface area contributed by atoms with Gasteiger partial charge in [-0.1, -0.05) is 29.8 Å². The second-order valence-corrected chi connectivity index (χ2v) is 4.20. The van der Waals surface area contributed by atoms with E-state index < -0.39 is 5.79 Å². The molecule has 0 aromatic heterocycles. The van der Waals surface area contributed by atoms with Crippen LogP contribution in [0.4, 0.5) is 0 Å². The average Bonchev–Trinajstić information content (AvgIpc) is 2.29. The Hall–Kier alpha value is -0.900. The molecule has 16 heavy (non-hydrogen) atoms. The van der Waals surface area contributed by atoms with E-state index in [0.29, 0.717) is 0 Å². The molecule has 1 aromatic rings. The first kappa shape index (κ1) is 11.6. The van der Waals surface area contributed by atoms with E-state index in [1.54, 1.807) is 14.2 Å². The number of hydrogen-bond donors (Lipinski definition) is 0. The predicted molar refractivity (Wildman–Crippen MR) is 61.2 cm³/mol. The van der Waals surface area contributed by atoms with Crippen molar-refractivity contribution in [2.45, 2.75) is 31.8 Å². The van der Waals surface area contributed by atoms with Crippen LogP contribution in [-0.2, 0) is 14.2 Å². The number of methoxy groups -OCH3 is 2. The molecule has 88 valence electrons. The first-order valence-electron chi connectivity index (χ1n) is 5.46. The van der Waals surface area contributed by atoms with E-state index in [1.165, 1.54) is 5.56 Å². The van der Waals surface area contributed by atoms with E-state index in [9.17, 15) is 0 Å². The van der Waals surface area contributed by atoms with Gasteiger partial charge < -0.3 is 14.2 Å². The Morgan fingerprint density at radius 2 is 1.69 bits per heavy atom. The third-order valence-electron chi connectivity index (χ3n) is 3.29. The lowest BCUT2D eigenvalue weighted by atomic mass is 9.90. The van der Waals surface area contributed by atoms with Crippen LogP contribution in [0, 0.1) is 6.92 Å². The summed E-state index contributed by atoms with van der Waals surface area (Å²) in [6.45, 7) is 4.02. The van der Waals surface area contributed by atoms with Gasteiger partial charge in [0.25, 0.3) is 0 Å². The van der Waals surface area contributed by atoms with Crippen LogP contribution < -0.4 is 0 Å². The second kappa shape index (κ2) is 4.17. The minimum atomic E-state index is -0.644. The van der Waals surface area contributed by atoms with E-state index in [-0.39, 0.29) is 12.2 Å². The van der Waals surface area contributed by atoms with Gasteiger partial charge in [0.05, 0.1) is 0 Å². The van der Waals surface area contributed by atoms with Gasteiger partial charge in [0.15, 0.2) is 0 Å². The van der Waals surface area contributed by atoms with Crippen LogP contribution in [0.1, 0.15) is 24.2 Å². The minimum absolute atomic E-state index is 0.0474. The van der Waals surface area contributed by atoms with E-state index in [0.717, 1.165) is 5.56 Å². The van der Waals surface area contributed by atoms with Crippen LogP contribution in [0.2, 0.25) is 0 Å². The molecular weight excluding hydrogens is 204 g/mol. The van der Waals surface area contributed by atoms with Crippen molar-refractivity contribution in [2.24, 2.45) is 0 Å². The standard InChI is InChI=1S/C13H18O3/c1-9-5-7-11(8-6-9)12-13(14-3,15-4)10(2)16-12/h5-8,10,12H,1-4H3. The lowest BCUT2D eigenvalue weighted by Crippen LogP contribution is -2.61. The van der Waals surface area contributed by atoms with Crippen molar-refractivity contribution in [3.8, 4) is 0 Å². The Labute approximate surface area is 96.3 Å². The number of hydrogen-bond acceptors (Lipinski definition) is 3. The third kappa shape index (κ3) is 1.56. The highest BCUT2D eigenvalue weighted by molar-refractivity contribution is 5.27. The van der Waals surface area contributed by atoms with E-state index in [2.05, 4.69) is 31.2 Å². The van der Waals surface area contributed by atoms with Crippen LogP contribution in [0.25, 0.3) is 0 Å². The van der Waals surface area contributed by atoms with Crippen molar-refractivity contribution in [1.82, 2.24) is 0 Å². The molecule has 2 atom stereocenters. The number of rotatable bonds is 3. The summed E-state index contributed by atoms with van der Waals surface area (Å²) in [5.74, 6) is -0.644. The molecule has 3 nitrogen and oxygen atoms in total. The fourth-order valence-corrected chi connectivity index (χ4v) is 2.22. The van der Waals surface area contributed by atoms with Gasteiger partial charge in [-0.05, 0) is 19.4 Å². The average molecular weight is 222 g/mol. The molecule has 1 aliphatic heterocycles. The minimum Gasteiger partial charge on any atom is -0.359 e. The topological polar surface area (TPSA) is 27.7 Å². The molecule has 0 radical (unpaired) electrons. The molecule has 2 rings (SSSR count). The highest BCUT2D eigenvalue weighted by Crippen LogP contribution is 2.47. The largest absolute Gasteiger partial charge is 0.359 e. The normalized spacial score (nSPS) is 27.5. The van der Waals surface area contributed by atoms with Gasteiger partial charge in [-0.15, -0.1) is 0 Å². The van der Waals surface area contributed by atoms with Crippen molar-refractivity contribution in [2.75, 3.05) is 14.2 Å². The third-order valence-corrected chi connectivity index (χ3v) is 3.29. The lowest BCUT2D eigenvalue weighted by molar-refractivity contribution is -0.402. The van der Waals surface area contributed by atoms with Crippen molar-refractivity contribution < 1.29 is 14.2 Å². The summed E-state index contributed by atoms with van der Waals surface area (Å²) in [6.07, 6.45) is -0.188. The number of benzene rings is 1. The van der Waals surface area contributed by atoms with Gasteiger partial charge in [0, 0.05) is 14.2 Å². The molecule has 2 unspecified atom stereocenters. The fraction of sp³-hybridized carbons (Fsp3) is 0.538. The van der Waals surface area contributed by atoms with Crippen LogP contribution in [-0.4, -0.2) is 26.1 Å². The SMILES string of the molecule is COC1(OC)C(C)OC1c1ccc(C)cc1. The Morgan fingerprint density at radius 1 is 1.12 bits per heavy atom. The molecule has 1 aromatic carbocycles. The molecule has 1 heterocycles. The molecule has 0 saturated carbocycles. The smallest absolute Gasteiger partial charge is 0.225 e. The van der Waals surface area contributed by atoms with Gasteiger partial charge in [-0.3, -0.25) is 0 Å². The highest BCUT2D eigenvalue weighted by atomic mass is 16.8. The maximum atomic E-state index is 5.71. The van der Waals surface area contributed by atoms with Crippen molar-refractivity contribution in [3.05, 3.63) is 35.4 Å². The monoisotopic (exact) mass is 222 g/mol. The second-order valence-electron chi connectivity index (χ2n) is 4.20. The van der Waals surface area contributed by atoms with Crippen LogP contribution in [0.15, 0.2) is 24.3 Å². The number of aryl methyl sites for hydroxylation is 1. The first-order valence-corrected chi connectivity index (χ1v) is 5.46. The van der Waals surface area contributed by atoms with Crippen LogP contribution in [0.3, 0.4) is 0 Å². The molecule has 1 aliphatic rings. The summed E-state index contributed by atoms with van der Waals surface area (Å²) in [5.41, 5.74) is 2.32. The molecule has 1 saturated heterocycles. The molecule has 0 bridgehead atoms. The van der Waals surface area contributed by atoms with Crippen LogP contribution >= 0.6 is 0 Å². The highest BCUT2D eigenvalue weighted by Gasteiger charge is 2.56. The Balaban J connectivity index is 2.26. The summed E-state index contributed by atoms with van der Waals surface area (Å²) in [6, 6.07) is 8.24. The van der Waals surface area contributed by atoms with Gasteiger partial charge in [0.2, 0.25) is 5.79 Å². The molecule has 0 aliphatic carbocycles. The van der Waals surface area contributed by atoms with Gasteiger partial charge in [-0.25, -0.2) is 0 Å². The zero-order valence-corrected chi connectivity index (χ0v) is 10.2. The predicted octanol–water partition coefficient (Wildman–Crippen LogP) is 2.44. The molecule has 0 amide bonds. The Bertz CT molecular complexity index is 354. The maximum absolute atomic E-state index is 5.71. The maximum Gasteiger partial charge on any atom is 0.225 e. The summed E-state index contributed by atoms with van der Waals surface area (Å²) >= 11 is 0. The molecule has 0 spiro atoms. The van der Waals surface area contributed by atoms with Crippen molar-refractivity contribution in [3.63, 3.8) is 0 Å². The summed E-state index contributed by atoms with van der Waals surface area (Å²) in [5, 5.41) is 0. The Kier molecular flexibility index (Phi) is 3.02. The molecule has 1 fully saturated rings. The van der Waals surface area contributed by atoms with Gasteiger partial charge in [0.1, 0.15) is 12.2 Å². The van der Waals surface area contributed by atoms with E-state index in [1.807, 2.05) is 6.92 Å².